The zero-order valence-electron chi connectivity index (χ0n) is 9.57. The average molecular weight is 237 g/mol. The fourth-order valence-corrected chi connectivity index (χ4v) is 1.12. The third-order valence-corrected chi connectivity index (χ3v) is 2.19. The molecule has 0 radical (unpaired) electrons. The van der Waals surface area contributed by atoms with Crippen LogP contribution in [0, 0.1) is 28.3 Å². The van der Waals surface area contributed by atoms with E-state index in [0.29, 0.717) is 0 Å². The maximum atomic E-state index is 13.6. The maximum Gasteiger partial charge on any atom is 0.305 e. The van der Waals surface area contributed by atoms with Gasteiger partial charge in [0.25, 0.3) is 0 Å². The normalized spacial score (nSPS) is 10.9. The van der Waals surface area contributed by atoms with Gasteiger partial charge in [0.05, 0.1) is 11.5 Å². The summed E-state index contributed by atoms with van der Waals surface area (Å²) in [7, 11) is 0. The summed E-state index contributed by atoms with van der Waals surface area (Å²) in [5.74, 6) is 1.51. The quantitative estimate of drug-likeness (QED) is 0.459. The number of hydrogen-bond donors (Lipinski definition) is 0. The fraction of sp³-hybridized carbons (Fsp3) is 0.333. The van der Waals surface area contributed by atoms with E-state index in [2.05, 4.69) is 5.92 Å². The van der Waals surface area contributed by atoms with E-state index in [9.17, 15) is 14.5 Å². The van der Waals surface area contributed by atoms with Gasteiger partial charge in [0.1, 0.15) is 5.60 Å². The molecular weight excluding hydrogens is 225 g/mol. The molecule has 0 aliphatic heterocycles. The molecule has 0 bridgehead atoms. The summed E-state index contributed by atoms with van der Waals surface area (Å²) in [5, 5.41) is 10.5. The second kappa shape index (κ2) is 4.93. The molecule has 0 saturated carbocycles. The zero-order chi connectivity index (χ0) is 13.1. The highest BCUT2D eigenvalue weighted by atomic mass is 19.1. The molecule has 0 saturated heterocycles. The number of rotatable bonds is 4. The number of hydrogen-bond acceptors (Lipinski definition) is 3. The second-order valence-electron chi connectivity index (χ2n) is 3.95. The van der Waals surface area contributed by atoms with Gasteiger partial charge in [-0.3, -0.25) is 10.1 Å². The first kappa shape index (κ1) is 13.1. The van der Waals surface area contributed by atoms with Gasteiger partial charge in [-0.15, -0.1) is 6.42 Å². The van der Waals surface area contributed by atoms with Crippen molar-refractivity contribution in [2.45, 2.75) is 26.1 Å². The summed E-state index contributed by atoms with van der Waals surface area (Å²) in [6.07, 6.45) is 5.21. The molecule has 5 heteroatoms. The molecule has 1 aromatic carbocycles. The van der Waals surface area contributed by atoms with Gasteiger partial charge in [0, 0.05) is 11.6 Å². The van der Waals surface area contributed by atoms with Crippen LogP contribution in [0.2, 0.25) is 0 Å². The van der Waals surface area contributed by atoms with Crippen molar-refractivity contribution in [1.82, 2.24) is 0 Å². The Balaban J connectivity index is 2.91. The Morgan fingerprint density at radius 1 is 1.59 bits per heavy atom. The summed E-state index contributed by atoms with van der Waals surface area (Å²) in [4.78, 5) is 9.75. The van der Waals surface area contributed by atoms with Gasteiger partial charge in [0.15, 0.2) is 0 Å². The SMILES string of the molecule is C#CC(C)(C)OCc1cccc([N+](=O)[O-])c1F. The van der Waals surface area contributed by atoms with Crippen LogP contribution >= 0.6 is 0 Å². The molecule has 0 spiro atoms. The lowest BCUT2D eigenvalue weighted by atomic mass is 10.1. The molecule has 0 aliphatic carbocycles. The van der Waals surface area contributed by atoms with Gasteiger partial charge in [-0.1, -0.05) is 18.1 Å². The van der Waals surface area contributed by atoms with Crippen molar-refractivity contribution in [3.8, 4) is 12.3 Å². The molecular formula is C12H12FNO3. The van der Waals surface area contributed by atoms with Gasteiger partial charge in [0.2, 0.25) is 5.82 Å². The molecule has 17 heavy (non-hydrogen) atoms. The maximum absolute atomic E-state index is 13.6. The number of ether oxygens (including phenoxy) is 1. The number of halogens is 1. The van der Waals surface area contributed by atoms with Gasteiger partial charge in [-0.25, -0.2) is 0 Å². The van der Waals surface area contributed by atoms with Gasteiger partial charge in [-0.05, 0) is 13.8 Å². The highest BCUT2D eigenvalue weighted by Gasteiger charge is 2.20. The minimum absolute atomic E-state index is 0.106. The molecule has 0 unspecified atom stereocenters. The first-order valence-corrected chi connectivity index (χ1v) is 4.91. The molecule has 0 aromatic heterocycles. The van der Waals surface area contributed by atoms with E-state index in [4.69, 9.17) is 11.2 Å². The van der Waals surface area contributed by atoms with E-state index >= 15 is 0 Å². The topological polar surface area (TPSA) is 52.4 Å². The van der Waals surface area contributed by atoms with Crippen LogP contribution in [0.3, 0.4) is 0 Å². The smallest absolute Gasteiger partial charge is 0.305 e. The van der Waals surface area contributed by atoms with Gasteiger partial charge in [-0.2, -0.15) is 4.39 Å². The van der Waals surface area contributed by atoms with E-state index in [1.54, 1.807) is 13.8 Å². The summed E-state index contributed by atoms with van der Waals surface area (Å²) in [5.41, 5.74) is -1.29. The molecule has 0 fully saturated rings. The number of benzene rings is 1. The Bertz CT molecular complexity index is 477. The van der Waals surface area contributed by atoms with E-state index in [0.717, 1.165) is 6.07 Å². The lowest BCUT2D eigenvalue weighted by Crippen LogP contribution is -2.21. The predicted molar refractivity (Wildman–Crippen MR) is 60.8 cm³/mol. The number of nitro benzene ring substituents is 1. The van der Waals surface area contributed by atoms with Crippen molar-refractivity contribution in [3.63, 3.8) is 0 Å². The molecule has 0 N–H and O–H groups in total. The molecule has 4 nitrogen and oxygen atoms in total. The molecule has 0 aliphatic rings. The van der Waals surface area contributed by atoms with Crippen molar-refractivity contribution >= 4 is 5.69 Å². The van der Waals surface area contributed by atoms with Crippen LogP contribution in [-0.2, 0) is 11.3 Å². The molecule has 1 rings (SSSR count). The summed E-state index contributed by atoms with van der Waals surface area (Å²) in [6.45, 7) is 3.20. The molecule has 0 heterocycles. The van der Waals surface area contributed by atoms with Gasteiger partial charge < -0.3 is 4.74 Å². The van der Waals surface area contributed by atoms with Crippen LogP contribution in [0.15, 0.2) is 18.2 Å². The Labute approximate surface area is 98.6 Å². The molecule has 0 amide bonds. The van der Waals surface area contributed by atoms with Crippen molar-refractivity contribution in [3.05, 3.63) is 39.7 Å². The Morgan fingerprint density at radius 3 is 2.76 bits per heavy atom. The highest BCUT2D eigenvalue weighted by Crippen LogP contribution is 2.22. The largest absolute Gasteiger partial charge is 0.358 e. The number of terminal acetylenes is 1. The first-order chi connectivity index (χ1) is 7.87. The van der Waals surface area contributed by atoms with Crippen LogP contribution in [-0.4, -0.2) is 10.5 Å². The standard InChI is InChI=1S/C12H12FNO3/c1-4-12(2,3)17-8-9-6-5-7-10(11(9)13)14(15)16/h1,5-7H,8H2,2-3H3. The summed E-state index contributed by atoms with van der Waals surface area (Å²) >= 11 is 0. The summed E-state index contributed by atoms with van der Waals surface area (Å²) in [6, 6.07) is 3.93. The minimum Gasteiger partial charge on any atom is -0.358 e. The van der Waals surface area contributed by atoms with Crippen molar-refractivity contribution < 1.29 is 14.1 Å². The summed E-state index contributed by atoms with van der Waals surface area (Å²) < 4.78 is 18.9. The van der Waals surface area contributed by atoms with E-state index in [1.807, 2.05) is 0 Å². The van der Waals surface area contributed by atoms with E-state index < -0.39 is 22.0 Å². The van der Waals surface area contributed by atoms with Crippen LogP contribution < -0.4 is 0 Å². The average Bonchev–Trinajstić information content (AvgIpc) is 2.27. The third kappa shape index (κ3) is 3.26. The molecule has 90 valence electrons. The number of nitrogens with zero attached hydrogens (tertiary/aromatic N) is 1. The monoisotopic (exact) mass is 237 g/mol. The lowest BCUT2D eigenvalue weighted by molar-refractivity contribution is -0.387. The second-order valence-corrected chi connectivity index (χ2v) is 3.95. The van der Waals surface area contributed by atoms with Crippen molar-refractivity contribution in [2.24, 2.45) is 0 Å². The van der Waals surface area contributed by atoms with Crippen LogP contribution in [0.4, 0.5) is 10.1 Å². The third-order valence-electron chi connectivity index (χ3n) is 2.19. The minimum atomic E-state index is -0.884. The van der Waals surface area contributed by atoms with Gasteiger partial charge >= 0.3 is 5.69 Å². The van der Waals surface area contributed by atoms with E-state index in [1.165, 1.54) is 12.1 Å². The Kier molecular flexibility index (Phi) is 3.81. The Hall–Kier alpha value is -1.93. The fourth-order valence-electron chi connectivity index (χ4n) is 1.12. The number of nitro groups is 1. The highest BCUT2D eigenvalue weighted by molar-refractivity contribution is 5.36. The first-order valence-electron chi connectivity index (χ1n) is 4.91. The Morgan fingerprint density at radius 2 is 2.24 bits per heavy atom. The van der Waals surface area contributed by atoms with Crippen molar-refractivity contribution in [2.75, 3.05) is 0 Å². The van der Waals surface area contributed by atoms with Crippen molar-refractivity contribution in [1.29, 1.82) is 0 Å². The molecule has 0 atom stereocenters. The van der Waals surface area contributed by atoms with E-state index in [-0.39, 0.29) is 12.2 Å². The predicted octanol–water partition coefficient (Wildman–Crippen LogP) is 2.66. The molecule has 1 aromatic rings. The lowest BCUT2D eigenvalue weighted by Gasteiger charge is -2.18. The van der Waals surface area contributed by atoms with Crippen LogP contribution in [0.25, 0.3) is 0 Å². The van der Waals surface area contributed by atoms with Crippen LogP contribution in [0.5, 0.6) is 0 Å². The van der Waals surface area contributed by atoms with Crippen LogP contribution in [0.1, 0.15) is 19.4 Å². The zero-order valence-corrected chi connectivity index (χ0v) is 9.57.